The van der Waals surface area contributed by atoms with Crippen LogP contribution in [0.1, 0.15) is 58.1 Å². The molecule has 2 rings (SSSR count). The molecule has 1 amide bonds. The minimum atomic E-state index is -0.924. The quantitative estimate of drug-likeness (QED) is 0.492. The van der Waals surface area contributed by atoms with Gasteiger partial charge in [-0.15, -0.1) is 0 Å². The van der Waals surface area contributed by atoms with Crippen molar-refractivity contribution in [1.29, 1.82) is 0 Å². The highest BCUT2D eigenvalue weighted by atomic mass is 35.5. The largest absolute Gasteiger partial charge is 0.393 e. The average molecular weight is 414 g/mol. The lowest BCUT2D eigenvalue weighted by atomic mass is 9.75. The molecule has 0 radical (unpaired) electrons. The van der Waals surface area contributed by atoms with Gasteiger partial charge in [-0.05, 0) is 54.5 Å². The molecule has 1 heterocycles. The summed E-state index contributed by atoms with van der Waals surface area (Å²) >= 11 is 5.95. The number of benzene rings is 1. The lowest BCUT2D eigenvalue weighted by Crippen LogP contribution is -2.45. The Kier molecular flexibility index (Phi) is 9.87. The first-order valence-electron chi connectivity index (χ1n) is 9.89. The van der Waals surface area contributed by atoms with Gasteiger partial charge in [0.25, 0.3) is 0 Å². The van der Waals surface area contributed by atoms with Crippen LogP contribution in [0.5, 0.6) is 0 Å². The first-order chi connectivity index (χ1) is 13.1. The predicted molar refractivity (Wildman–Crippen MR) is 114 cm³/mol. The fourth-order valence-corrected chi connectivity index (χ4v) is 3.25. The summed E-state index contributed by atoms with van der Waals surface area (Å²) in [5, 5.41) is 25.3. The van der Waals surface area contributed by atoms with Gasteiger partial charge in [-0.25, -0.2) is 0 Å². The van der Waals surface area contributed by atoms with Crippen molar-refractivity contribution in [3.05, 3.63) is 34.3 Å². The van der Waals surface area contributed by atoms with E-state index in [9.17, 15) is 9.90 Å². The highest BCUT2D eigenvalue weighted by Crippen LogP contribution is 2.32. The molecule has 0 bridgehead atoms. The molecule has 2 atom stereocenters. The number of aliphatic hydroxyl groups excluding tert-OH is 1. The highest BCUT2D eigenvalue weighted by molar-refractivity contribution is 6.30. The molecule has 1 aliphatic rings. The SMILES string of the molecule is CC[C@](O)(CO)C(C)(C)C.NCc1ccc(Cl)cc1CNC(=O)C1CCCN1. The van der Waals surface area contributed by atoms with E-state index in [4.69, 9.17) is 22.4 Å². The van der Waals surface area contributed by atoms with Crippen molar-refractivity contribution in [3.63, 3.8) is 0 Å². The maximum atomic E-state index is 11.9. The third-order valence-electron chi connectivity index (χ3n) is 5.46. The van der Waals surface area contributed by atoms with Gasteiger partial charge in [0.15, 0.2) is 0 Å². The summed E-state index contributed by atoms with van der Waals surface area (Å²) in [4.78, 5) is 11.9. The Hall–Kier alpha value is -1.18. The minimum absolute atomic E-state index is 0.0505. The second-order valence-corrected chi connectivity index (χ2v) is 8.71. The molecule has 0 aromatic heterocycles. The van der Waals surface area contributed by atoms with E-state index in [-0.39, 0.29) is 24.0 Å². The molecular weight excluding hydrogens is 378 g/mol. The predicted octanol–water partition coefficient (Wildman–Crippen LogP) is 2.33. The summed E-state index contributed by atoms with van der Waals surface area (Å²) in [6.45, 7) is 9.33. The number of amides is 1. The van der Waals surface area contributed by atoms with Gasteiger partial charge in [0.05, 0.1) is 18.2 Å². The second-order valence-electron chi connectivity index (χ2n) is 8.28. The maximum absolute atomic E-state index is 11.9. The summed E-state index contributed by atoms with van der Waals surface area (Å²) in [5.74, 6) is 0.0513. The third kappa shape index (κ3) is 7.01. The smallest absolute Gasteiger partial charge is 0.237 e. The van der Waals surface area contributed by atoms with E-state index >= 15 is 0 Å². The number of rotatable bonds is 6. The average Bonchev–Trinajstić information content (AvgIpc) is 3.20. The Labute approximate surface area is 173 Å². The van der Waals surface area contributed by atoms with Gasteiger partial charge >= 0.3 is 0 Å². The Balaban J connectivity index is 0.000000336. The van der Waals surface area contributed by atoms with Crippen LogP contribution in [0.15, 0.2) is 18.2 Å². The van der Waals surface area contributed by atoms with Crippen molar-refractivity contribution in [3.8, 4) is 0 Å². The minimum Gasteiger partial charge on any atom is -0.393 e. The molecule has 28 heavy (non-hydrogen) atoms. The molecule has 6 N–H and O–H groups in total. The lowest BCUT2D eigenvalue weighted by Gasteiger charge is -2.37. The first kappa shape index (κ1) is 24.9. The topological polar surface area (TPSA) is 108 Å². The monoisotopic (exact) mass is 413 g/mol. The van der Waals surface area contributed by atoms with Crippen LogP contribution in [0.4, 0.5) is 0 Å². The molecule has 1 fully saturated rings. The number of carbonyl (C=O) groups is 1. The molecule has 0 spiro atoms. The van der Waals surface area contributed by atoms with Crippen LogP contribution in [0, 0.1) is 5.41 Å². The van der Waals surface area contributed by atoms with Crippen molar-refractivity contribution in [2.75, 3.05) is 13.2 Å². The van der Waals surface area contributed by atoms with Crippen molar-refractivity contribution in [1.82, 2.24) is 10.6 Å². The lowest BCUT2D eigenvalue weighted by molar-refractivity contribution is -0.122. The Morgan fingerprint density at radius 3 is 2.46 bits per heavy atom. The van der Waals surface area contributed by atoms with Crippen molar-refractivity contribution < 1.29 is 15.0 Å². The Morgan fingerprint density at radius 1 is 1.36 bits per heavy atom. The molecule has 7 heteroatoms. The van der Waals surface area contributed by atoms with Crippen LogP contribution in [-0.4, -0.2) is 40.9 Å². The second kappa shape index (κ2) is 11.1. The fourth-order valence-electron chi connectivity index (χ4n) is 3.05. The molecular formula is C21H36ClN3O3. The van der Waals surface area contributed by atoms with Crippen molar-refractivity contribution in [2.24, 2.45) is 11.1 Å². The first-order valence-corrected chi connectivity index (χ1v) is 10.3. The van der Waals surface area contributed by atoms with E-state index in [0.717, 1.165) is 30.5 Å². The van der Waals surface area contributed by atoms with Gasteiger partial charge in [-0.1, -0.05) is 45.4 Å². The molecule has 1 unspecified atom stereocenters. The van der Waals surface area contributed by atoms with E-state index < -0.39 is 5.60 Å². The van der Waals surface area contributed by atoms with Gasteiger partial charge in [0.2, 0.25) is 5.91 Å². The van der Waals surface area contributed by atoms with Crippen LogP contribution < -0.4 is 16.4 Å². The van der Waals surface area contributed by atoms with E-state index in [1.165, 1.54) is 0 Å². The van der Waals surface area contributed by atoms with Gasteiger partial charge in [-0.3, -0.25) is 4.79 Å². The molecule has 6 nitrogen and oxygen atoms in total. The summed E-state index contributed by atoms with van der Waals surface area (Å²) in [7, 11) is 0. The molecule has 0 saturated carbocycles. The van der Waals surface area contributed by atoms with Crippen molar-refractivity contribution in [2.45, 2.75) is 71.7 Å². The van der Waals surface area contributed by atoms with E-state index in [1.54, 1.807) is 0 Å². The number of hydrogen-bond donors (Lipinski definition) is 5. The van der Waals surface area contributed by atoms with Crippen LogP contribution in [0.3, 0.4) is 0 Å². The molecule has 160 valence electrons. The number of aliphatic hydroxyl groups is 2. The summed E-state index contributed by atoms with van der Waals surface area (Å²) in [5.41, 5.74) is 6.49. The van der Waals surface area contributed by atoms with Crippen LogP contribution in [-0.2, 0) is 17.9 Å². The molecule has 1 aromatic carbocycles. The number of halogens is 1. The third-order valence-corrected chi connectivity index (χ3v) is 5.70. The number of carbonyl (C=O) groups excluding carboxylic acids is 1. The van der Waals surface area contributed by atoms with Gasteiger partial charge < -0.3 is 26.6 Å². The summed E-state index contributed by atoms with van der Waals surface area (Å²) in [6.07, 6.45) is 2.56. The molecule has 1 saturated heterocycles. The van der Waals surface area contributed by atoms with Gasteiger partial charge in [-0.2, -0.15) is 0 Å². The summed E-state index contributed by atoms with van der Waals surface area (Å²) < 4.78 is 0. The zero-order chi connectivity index (χ0) is 21.4. The van der Waals surface area contributed by atoms with Crippen molar-refractivity contribution >= 4 is 17.5 Å². The van der Waals surface area contributed by atoms with Crippen LogP contribution in [0.2, 0.25) is 5.02 Å². The summed E-state index contributed by atoms with van der Waals surface area (Å²) in [6, 6.07) is 5.52. The Morgan fingerprint density at radius 2 is 2.04 bits per heavy atom. The normalized spacial score (nSPS) is 18.8. The maximum Gasteiger partial charge on any atom is 0.237 e. The van der Waals surface area contributed by atoms with Crippen LogP contribution in [0.25, 0.3) is 0 Å². The zero-order valence-electron chi connectivity index (χ0n) is 17.5. The fraction of sp³-hybridized carbons (Fsp3) is 0.667. The molecule has 1 aromatic rings. The number of hydrogen-bond acceptors (Lipinski definition) is 5. The molecule has 0 aliphatic carbocycles. The van der Waals surface area contributed by atoms with Gasteiger partial charge in [0, 0.05) is 18.1 Å². The van der Waals surface area contributed by atoms with Gasteiger partial charge in [0.1, 0.15) is 0 Å². The Bertz CT molecular complexity index is 622. The zero-order valence-corrected chi connectivity index (χ0v) is 18.3. The highest BCUT2D eigenvalue weighted by Gasteiger charge is 2.37. The number of nitrogens with two attached hydrogens (primary N) is 1. The molecule has 1 aliphatic heterocycles. The number of nitrogens with one attached hydrogen (secondary N) is 2. The van der Waals surface area contributed by atoms with E-state index in [0.29, 0.717) is 24.5 Å². The van der Waals surface area contributed by atoms with E-state index in [1.807, 2.05) is 45.9 Å². The van der Waals surface area contributed by atoms with Crippen LogP contribution >= 0.6 is 11.6 Å². The standard InChI is InChI=1S/C13H18ClN3O.C8H18O2/c14-11-4-3-9(7-15)10(6-11)8-17-13(18)12-2-1-5-16-12;1-5-8(10,6-9)7(2,3)4/h3-4,6,12,16H,1-2,5,7-8,15H2,(H,17,18);9-10H,5-6H2,1-4H3/t;8-/m.0/s1. The van der Waals surface area contributed by atoms with E-state index in [2.05, 4.69) is 10.6 Å².